The number of aryl methyl sites for hydroxylation is 1. The zero-order valence-corrected chi connectivity index (χ0v) is 15.9. The summed E-state index contributed by atoms with van der Waals surface area (Å²) in [4.78, 5) is 17.0. The summed E-state index contributed by atoms with van der Waals surface area (Å²) < 4.78 is 11.2. The average Bonchev–Trinajstić information content (AvgIpc) is 3.02. The van der Waals surface area contributed by atoms with Gasteiger partial charge >= 0.3 is 0 Å². The topological polar surface area (TPSA) is 45.9 Å². The molecule has 2 heterocycles. The lowest BCUT2D eigenvalue weighted by molar-refractivity contribution is -0.125. The summed E-state index contributed by atoms with van der Waals surface area (Å²) in [6, 6.07) is 15.5. The third-order valence-electron chi connectivity index (χ3n) is 5.46. The molecule has 1 fully saturated rings. The van der Waals surface area contributed by atoms with E-state index in [-0.39, 0.29) is 11.9 Å². The second kappa shape index (κ2) is 7.08. The van der Waals surface area contributed by atoms with Crippen LogP contribution in [0.5, 0.6) is 5.75 Å². The Hall–Kier alpha value is -2.79. The molecule has 2 aromatic carbocycles. The molecule has 1 amide bonds. The van der Waals surface area contributed by atoms with Crippen LogP contribution in [0.3, 0.4) is 0 Å². The Morgan fingerprint density at radius 2 is 1.85 bits per heavy atom. The van der Waals surface area contributed by atoms with Crippen LogP contribution in [0.2, 0.25) is 0 Å². The molecule has 0 unspecified atom stereocenters. The zero-order chi connectivity index (χ0) is 19.0. The number of carbonyl (C=O) groups excluding carboxylic acids is 1. The first-order chi connectivity index (χ1) is 13.1. The van der Waals surface area contributed by atoms with Gasteiger partial charge in [0, 0.05) is 24.2 Å². The van der Waals surface area contributed by atoms with E-state index in [1.165, 1.54) is 0 Å². The molecule has 0 saturated carbocycles. The molecule has 0 N–H and O–H groups in total. The van der Waals surface area contributed by atoms with Crippen molar-refractivity contribution < 1.29 is 13.9 Å². The number of methoxy groups -OCH3 is 1. The number of hydrogen-bond donors (Lipinski definition) is 0. The molecule has 0 radical (unpaired) electrons. The number of furan rings is 1. The molecule has 4 rings (SSSR count). The third kappa shape index (κ3) is 3.19. The number of nitrogens with zero attached hydrogens (tertiary/aromatic N) is 2. The molecular weight excluding hydrogens is 340 g/mol. The molecule has 1 aliphatic heterocycles. The highest BCUT2D eigenvalue weighted by molar-refractivity contribution is 5.97. The standard InChI is InChI=1S/C22H24N2O3/c1-15-19-6-4-5-7-20(19)27-21(15)14-23-12-13-24(22(25)16(23)2)17-8-10-18(26-3)11-9-17/h4-11,16H,12-14H2,1-3H3/t16-/m0/s1. The summed E-state index contributed by atoms with van der Waals surface area (Å²) in [5.41, 5.74) is 2.97. The van der Waals surface area contributed by atoms with E-state index in [0.29, 0.717) is 13.1 Å². The fraction of sp³-hybridized carbons (Fsp3) is 0.318. The maximum Gasteiger partial charge on any atom is 0.244 e. The van der Waals surface area contributed by atoms with E-state index in [1.54, 1.807) is 7.11 Å². The van der Waals surface area contributed by atoms with Crippen molar-refractivity contribution in [1.82, 2.24) is 4.90 Å². The summed E-state index contributed by atoms with van der Waals surface area (Å²) in [6.45, 7) is 6.16. The van der Waals surface area contributed by atoms with Gasteiger partial charge in [0.15, 0.2) is 0 Å². The van der Waals surface area contributed by atoms with Crippen molar-refractivity contribution in [2.24, 2.45) is 0 Å². The molecule has 0 bridgehead atoms. The maximum atomic E-state index is 13.0. The van der Waals surface area contributed by atoms with E-state index in [2.05, 4.69) is 17.9 Å². The number of fused-ring (bicyclic) bond motifs is 1. The van der Waals surface area contributed by atoms with Crippen LogP contribution >= 0.6 is 0 Å². The number of amides is 1. The van der Waals surface area contributed by atoms with Gasteiger partial charge in [0.05, 0.1) is 19.7 Å². The minimum Gasteiger partial charge on any atom is -0.497 e. The molecule has 1 aliphatic rings. The molecule has 0 spiro atoms. The maximum absolute atomic E-state index is 13.0. The number of piperazine rings is 1. The van der Waals surface area contributed by atoms with Crippen molar-refractivity contribution in [2.45, 2.75) is 26.4 Å². The molecule has 5 heteroatoms. The van der Waals surface area contributed by atoms with Gasteiger partial charge in [0.25, 0.3) is 0 Å². The quantitative estimate of drug-likeness (QED) is 0.702. The second-order valence-electron chi connectivity index (χ2n) is 6.98. The van der Waals surface area contributed by atoms with Crippen LogP contribution in [0.15, 0.2) is 52.9 Å². The first-order valence-electron chi connectivity index (χ1n) is 9.25. The molecule has 140 valence electrons. The Balaban J connectivity index is 1.51. The van der Waals surface area contributed by atoms with Gasteiger partial charge in [0.1, 0.15) is 17.1 Å². The summed E-state index contributed by atoms with van der Waals surface area (Å²) in [6.07, 6.45) is 0. The number of hydrogen-bond acceptors (Lipinski definition) is 4. The van der Waals surface area contributed by atoms with Crippen LogP contribution in [0.1, 0.15) is 18.2 Å². The number of benzene rings is 2. The highest BCUT2D eigenvalue weighted by atomic mass is 16.5. The summed E-state index contributed by atoms with van der Waals surface area (Å²) in [7, 11) is 1.64. The van der Waals surface area contributed by atoms with Crippen LogP contribution < -0.4 is 9.64 Å². The first-order valence-corrected chi connectivity index (χ1v) is 9.25. The van der Waals surface area contributed by atoms with Crippen molar-refractivity contribution in [3.05, 3.63) is 59.9 Å². The summed E-state index contributed by atoms with van der Waals surface area (Å²) >= 11 is 0. The zero-order valence-electron chi connectivity index (χ0n) is 15.9. The van der Waals surface area contributed by atoms with Gasteiger partial charge in [-0.15, -0.1) is 0 Å². The molecule has 1 saturated heterocycles. The van der Waals surface area contributed by atoms with Crippen molar-refractivity contribution in [2.75, 3.05) is 25.1 Å². The van der Waals surface area contributed by atoms with Crippen LogP contribution in [0, 0.1) is 6.92 Å². The molecule has 1 aromatic heterocycles. The first kappa shape index (κ1) is 17.6. The summed E-state index contributed by atoms with van der Waals surface area (Å²) in [5.74, 6) is 1.84. The molecule has 1 atom stereocenters. The van der Waals surface area contributed by atoms with Crippen LogP contribution in [0.25, 0.3) is 11.0 Å². The molecule has 27 heavy (non-hydrogen) atoms. The SMILES string of the molecule is COc1ccc(N2CCN(Cc3oc4ccccc4c3C)[C@@H](C)C2=O)cc1. The Bertz CT molecular complexity index is 961. The van der Waals surface area contributed by atoms with E-state index in [0.717, 1.165) is 40.3 Å². The van der Waals surface area contributed by atoms with E-state index < -0.39 is 0 Å². The van der Waals surface area contributed by atoms with Crippen molar-refractivity contribution in [3.8, 4) is 5.75 Å². The van der Waals surface area contributed by atoms with Gasteiger partial charge < -0.3 is 14.1 Å². The Morgan fingerprint density at radius 3 is 2.56 bits per heavy atom. The largest absolute Gasteiger partial charge is 0.497 e. The average molecular weight is 364 g/mol. The number of ether oxygens (including phenoxy) is 1. The fourth-order valence-electron chi connectivity index (χ4n) is 3.71. The summed E-state index contributed by atoms with van der Waals surface area (Å²) in [5, 5.41) is 1.14. The van der Waals surface area contributed by atoms with Crippen molar-refractivity contribution in [1.29, 1.82) is 0 Å². The smallest absolute Gasteiger partial charge is 0.244 e. The van der Waals surface area contributed by atoms with Crippen molar-refractivity contribution >= 4 is 22.6 Å². The second-order valence-corrected chi connectivity index (χ2v) is 6.98. The lowest BCUT2D eigenvalue weighted by atomic mass is 10.1. The minimum atomic E-state index is -0.200. The van der Waals surface area contributed by atoms with Gasteiger partial charge in [-0.2, -0.15) is 0 Å². The number of rotatable bonds is 4. The van der Waals surface area contributed by atoms with E-state index in [9.17, 15) is 4.79 Å². The van der Waals surface area contributed by atoms with E-state index >= 15 is 0 Å². The van der Waals surface area contributed by atoms with E-state index in [1.807, 2.05) is 54.3 Å². The Kier molecular flexibility index (Phi) is 4.62. The molecular formula is C22H24N2O3. The Morgan fingerprint density at radius 1 is 1.11 bits per heavy atom. The Labute approximate surface area is 159 Å². The monoisotopic (exact) mass is 364 g/mol. The lowest BCUT2D eigenvalue weighted by Gasteiger charge is -2.38. The molecule has 5 nitrogen and oxygen atoms in total. The lowest BCUT2D eigenvalue weighted by Crippen LogP contribution is -2.55. The van der Waals surface area contributed by atoms with Gasteiger partial charge in [-0.05, 0) is 49.7 Å². The number of para-hydroxylation sites is 1. The molecule has 0 aliphatic carbocycles. The highest BCUT2D eigenvalue weighted by Crippen LogP contribution is 2.28. The van der Waals surface area contributed by atoms with Crippen LogP contribution in [-0.4, -0.2) is 37.0 Å². The minimum absolute atomic E-state index is 0.111. The number of carbonyl (C=O) groups is 1. The normalized spacial score (nSPS) is 18.3. The predicted octanol–water partition coefficient (Wildman–Crippen LogP) is 3.99. The number of anilines is 1. The van der Waals surface area contributed by atoms with Crippen LogP contribution in [-0.2, 0) is 11.3 Å². The van der Waals surface area contributed by atoms with Gasteiger partial charge in [-0.1, -0.05) is 18.2 Å². The fourth-order valence-corrected chi connectivity index (χ4v) is 3.71. The van der Waals surface area contributed by atoms with Gasteiger partial charge in [0.2, 0.25) is 5.91 Å². The predicted molar refractivity (Wildman–Crippen MR) is 106 cm³/mol. The van der Waals surface area contributed by atoms with Crippen LogP contribution in [0.4, 0.5) is 5.69 Å². The van der Waals surface area contributed by atoms with Gasteiger partial charge in [-0.3, -0.25) is 9.69 Å². The third-order valence-corrected chi connectivity index (χ3v) is 5.46. The highest BCUT2D eigenvalue weighted by Gasteiger charge is 2.33. The molecule has 3 aromatic rings. The van der Waals surface area contributed by atoms with Gasteiger partial charge in [-0.25, -0.2) is 0 Å². The van der Waals surface area contributed by atoms with E-state index in [4.69, 9.17) is 9.15 Å². The van der Waals surface area contributed by atoms with Crippen molar-refractivity contribution in [3.63, 3.8) is 0 Å².